The summed E-state index contributed by atoms with van der Waals surface area (Å²) in [5, 5.41) is 8.56. The molecule has 1 saturated heterocycles. The predicted octanol–water partition coefficient (Wildman–Crippen LogP) is 0.529. The molecule has 6 nitrogen and oxygen atoms in total. The molecule has 0 radical (unpaired) electrons. The summed E-state index contributed by atoms with van der Waals surface area (Å²) in [6.45, 7) is 5.62. The molecule has 21 heavy (non-hydrogen) atoms. The topological polar surface area (TPSA) is 79.5 Å². The van der Waals surface area contributed by atoms with Gasteiger partial charge in [0.15, 0.2) is 0 Å². The van der Waals surface area contributed by atoms with Gasteiger partial charge in [-0.1, -0.05) is 6.08 Å². The van der Waals surface area contributed by atoms with Crippen LogP contribution in [0.4, 0.5) is 5.69 Å². The van der Waals surface area contributed by atoms with E-state index < -0.39 is 0 Å². The average Bonchev–Trinajstić information content (AvgIpc) is 2.54. The maximum Gasteiger partial charge on any atom is 0.251 e. The van der Waals surface area contributed by atoms with E-state index in [1.807, 2.05) is 0 Å². The van der Waals surface area contributed by atoms with Gasteiger partial charge in [0.1, 0.15) is 6.04 Å². The number of rotatable bonds is 5. The zero-order valence-electron chi connectivity index (χ0n) is 11.7. The number of amides is 2. The number of anilines is 1. The van der Waals surface area contributed by atoms with Gasteiger partial charge >= 0.3 is 0 Å². The van der Waals surface area contributed by atoms with Crippen LogP contribution in [0.3, 0.4) is 0 Å². The van der Waals surface area contributed by atoms with Crippen molar-refractivity contribution in [1.82, 2.24) is 10.6 Å². The number of ether oxygens (including phenoxy) is 1. The Bertz CT molecular complexity index is 507. The van der Waals surface area contributed by atoms with E-state index in [4.69, 9.17) is 4.74 Å². The Morgan fingerprint density at radius 1 is 1.38 bits per heavy atom. The van der Waals surface area contributed by atoms with E-state index in [-0.39, 0.29) is 17.9 Å². The lowest BCUT2D eigenvalue weighted by Gasteiger charge is -2.22. The Hall–Kier alpha value is -2.18. The van der Waals surface area contributed by atoms with Crippen molar-refractivity contribution < 1.29 is 14.3 Å². The minimum absolute atomic E-state index is 0.140. The zero-order valence-corrected chi connectivity index (χ0v) is 11.7. The van der Waals surface area contributed by atoms with E-state index in [2.05, 4.69) is 22.5 Å². The summed E-state index contributed by atoms with van der Waals surface area (Å²) >= 11 is 0. The number of morpholine rings is 1. The standard InChI is InChI=1S/C15H19N3O3/c1-2-7-17-14(19)11-3-5-12(6-4-11)18-15(20)13-10-21-9-8-16-13/h2-6,13,16H,1,7-10H2,(H,17,19)(H,18,20). The highest BCUT2D eigenvalue weighted by molar-refractivity contribution is 5.97. The number of carbonyl (C=O) groups excluding carboxylic acids is 2. The second-order valence-corrected chi connectivity index (χ2v) is 4.65. The summed E-state index contributed by atoms with van der Waals surface area (Å²) in [4.78, 5) is 23.7. The van der Waals surface area contributed by atoms with Gasteiger partial charge in [-0.3, -0.25) is 9.59 Å². The van der Waals surface area contributed by atoms with Crippen molar-refractivity contribution in [2.75, 3.05) is 31.6 Å². The van der Waals surface area contributed by atoms with E-state index in [0.29, 0.717) is 37.6 Å². The lowest BCUT2D eigenvalue weighted by molar-refractivity contribution is -0.120. The van der Waals surface area contributed by atoms with Crippen LogP contribution in [0, 0.1) is 0 Å². The third-order valence-corrected chi connectivity index (χ3v) is 3.06. The average molecular weight is 289 g/mol. The van der Waals surface area contributed by atoms with Crippen molar-refractivity contribution in [3.8, 4) is 0 Å². The predicted molar refractivity (Wildman–Crippen MR) is 80.2 cm³/mol. The molecule has 0 aliphatic carbocycles. The first-order chi connectivity index (χ1) is 10.2. The molecular weight excluding hydrogens is 270 g/mol. The summed E-state index contributed by atoms with van der Waals surface area (Å²) in [6.07, 6.45) is 1.62. The summed E-state index contributed by atoms with van der Waals surface area (Å²) in [5.41, 5.74) is 1.18. The minimum atomic E-state index is -0.339. The van der Waals surface area contributed by atoms with E-state index in [1.54, 1.807) is 30.3 Å². The van der Waals surface area contributed by atoms with Crippen molar-refractivity contribution in [2.45, 2.75) is 6.04 Å². The Kier molecular flexibility index (Phi) is 5.48. The third-order valence-electron chi connectivity index (χ3n) is 3.06. The summed E-state index contributed by atoms with van der Waals surface area (Å²) in [5.74, 6) is -0.311. The van der Waals surface area contributed by atoms with E-state index in [0.717, 1.165) is 0 Å². The van der Waals surface area contributed by atoms with Crippen LogP contribution in [0.15, 0.2) is 36.9 Å². The number of hydrogen-bond donors (Lipinski definition) is 3. The fourth-order valence-corrected chi connectivity index (χ4v) is 1.94. The molecule has 1 fully saturated rings. The van der Waals surface area contributed by atoms with Gasteiger partial charge in [0, 0.05) is 24.3 Å². The van der Waals surface area contributed by atoms with Crippen molar-refractivity contribution in [3.63, 3.8) is 0 Å². The van der Waals surface area contributed by atoms with Gasteiger partial charge in [-0.25, -0.2) is 0 Å². The van der Waals surface area contributed by atoms with Gasteiger partial charge in [-0.15, -0.1) is 6.58 Å². The molecule has 3 N–H and O–H groups in total. The third kappa shape index (κ3) is 4.40. The van der Waals surface area contributed by atoms with Gasteiger partial charge in [-0.2, -0.15) is 0 Å². The highest BCUT2D eigenvalue weighted by Crippen LogP contribution is 2.10. The molecule has 2 rings (SSSR count). The smallest absolute Gasteiger partial charge is 0.251 e. The van der Waals surface area contributed by atoms with Crippen LogP contribution in [0.5, 0.6) is 0 Å². The highest BCUT2D eigenvalue weighted by atomic mass is 16.5. The molecule has 1 unspecified atom stereocenters. The molecule has 0 aromatic heterocycles. The molecule has 2 amide bonds. The van der Waals surface area contributed by atoms with Crippen molar-refractivity contribution >= 4 is 17.5 Å². The van der Waals surface area contributed by atoms with Crippen molar-refractivity contribution in [2.24, 2.45) is 0 Å². The number of nitrogens with one attached hydrogen (secondary N) is 3. The fourth-order valence-electron chi connectivity index (χ4n) is 1.94. The molecule has 6 heteroatoms. The quantitative estimate of drug-likeness (QED) is 0.691. The maximum atomic E-state index is 12.0. The number of hydrogen-bond acceptors (Lipinski definition) is 4. The lowest BCUT2D eigenvalue weighted by atomic mass is 10.2. The number of benzene rings is 1. The van der Waals surface area contributed by atoms with E-state index >= 15 is 0 Å². The molecule has 0 bridgehead atoms. The van der Waals surface area contributed by atoms with Crippen LogP contribution in [0.1, 0.15) is 10.4 Å². The minimum Gasteiger partial charge on any atom is -0.378 e. The Balaban J connectivity index is 1.91. The molecule has 0 spiro atoms. The molecule has 0 saturated carbocycles. The Labute approximate surface area is 123 Å². The van der Waals surface area contributed by atoms with Gasteiger partial charge in [0.05, 0.1) is 13.2 Å². The van der Waals surface area contributed by atoms with Crippen molar-refractivity contribution in [3.05, 3.63) is 42.5 Å². The van der Waals surface area contributed by atoms with Gasteiger partial charge in [0.25, 0.3) is 5.91 Å². The normalized spacial score (nSPS) is 17.8. The molecule has 1 aliphatic rings. The first kappa shape index (κ1) is 15.2. The summed E-state index contributed by atoms with van der Waals surface area (Å²) in [6, 6.07) is 6.39. The molecular formula is C15H19N3O3. The molecule has 1 aromatic rings. The molecule has 1 aromatic carbocycles. The number of carbonyl (C=O) groups is 2. The monoisotopic (exact) mass is 289 g/mol. The van der Waals surface area contributed by atoms with Gasteiger partial charge in [-0.05, 0) is 24.3 Å². The van der Waals surface area contributed by atoms with Crippen molar-refractivity contribution in [1.29, 1.82) is 0 Å². The lowest BCUT2D eigenvalue weighted by Crippen LogP contribution is -2.48. The Morgan fingerprint density at radius 2 is 2.14 bits per heavy atom. The van der Waals surface area contributed by atoms with Crippen LogP contribution >= 0.6 is 0 Å². The maximum absolute atomic E-state index is 12.0. The fraction of sp³-hybridized carbons (Fsp3) is 0.333. The van der Waals surface area contributed by atoms with Gasteiger partial charge in [0.2, 0.25) is 5.91 Å². The second kappa shape index (κ2) is 7.56. The van der Waals surface area contributed by atoms with E-state index in [9.17, 15) is 9.59 Å². The summed E-state index contributed by atoms with van der Waals surface area (Å²) in [7, 11) is 0. The largest absolute Gasteiger partial charge is 0.378 e. The summed E-state index contributed by atoms with van der Waals surface area (Å²) < 4.78 is 5.24. The zero-order chi connectivity index (χ0) is 15.1. The molecule has 1 heterocycles. The van der Waals surface area contributed by atoms with Crippen LogP contribution in [0.2, 0.25) is 0 Å². The Morgan fingerprint density at radius 3 is 2.76 bits per heavy atom. The van der Waals surface area contributed by atoms with Crippen LogP contribution < -0.4 is 16.0 Å². The van der Waals surface area contributed by atoms with Crippen LogP contribution in [0.25, 0.3) is 0 Å². The SMILES string of the molecule is C=CCNC(=O)c1ccc(NC(=O)C2COCCN2)cc1. The van der Waals surface area contributed by atoms with Gasteiger partial charge < -0.3 is 20.7 Å². The molecule has 112 valence electrons. The molecule has 1 atom stereocenters. The highest BCUT2D eigenvalue weighted by Gasteiger charge is 2.21. The second-order valence-electron chi connectivity index (χ2n) is 4.65. The van der Waals surface area contributed by atoms with E-state index in [1.165, 1.54) is 0 Å². The van der Waals surface area contributed by atoms with Crippen LogP contribution in [-0.4, -0.2) is 44.2 Å². The van der Waals surface area contributed by atoms with Crippen LogP contribution in [-0.2, 0) is 9.53 Å². The molecule has 1 aliphatic heterocycles. The first-order valence-corrected chi connectivity index (χ1v) is 6.82. The first-order valence-electron chi connectivity index (χ1n) is 6.82.